The maximum absolute atomic E-state index is 5.94. The van der Waals surface area contributed by atoms with Crippen LogP contribution in [0.3, 0.4) is 0 Å². The molecular weight excluding hydrogens is 176 g/mol. The Morgan fingerprint density at radius 3 is 2.86 bits per heavy atom. The lowest BCUT2D eigenvalue weighted by atomic mass is 9.65. The zero-order valence-corrected chi connectivity index (χ0v) is 8.52. The molecule has 2 heteroatoms. The van der Waals surface area contributed by atoms with Gasteiger partial charge in [0.15, 0.2) is 0 Å². The van der Waals surface area contributed by atoms with Gasteiger partial charge >= 0.3 is 0 Å². The fraction of sp³-hybridized carbons (Fsp3) is 1.00. The second kappa shape index (κ2) is 2.73. The summed E-state index contributed by atoms with van der Waals surface area (Å²) in [6.07, 6.45) is 4.83. The molecule has 0 amide bonds. The highest BCUT2D eigenvalue weighted by Gasteiger charge is 2.55. The smallest absolute Gasteiger partial charge is 0.0609 e. The molecule has 0 aromatic heterocycles. The van der Waals surface area contributed by atoms with E-state index < -0.39 is 0 Å². The SMILES string of the molecule is C1OCC2C1C[C@@H]1CC[C@@H]3OCC2C13. The highest BCUT2D eigenvalue weighted by molar-refractivity contribution is 5.03. The van der Waals surface area contributed by atoms with Gasteiger partial charge in [-0.2, -0.15) is 0 Å². The molecule has 2 saturated heterocycles. The highest BCUT2D eigenvalue weighted by Crippen LogP contribution is 2.55. The lowest BCUT2D eigenvalue weighted by molar-refractivity contribution is 0.0961. The van der Waals surface area contributed by atoms with Gasteiger partial charge in [0.05, 0.1) is 19.3 Å². The van der Waals surface area contributed by atoms with Gasteiger partial charge in [0, 0.05) is 6.61 Å². The van der Waals surface area contributed by atoms with E-state index in [1.807, 2.05) is 0 Å². The van der Waals surface area contributed by atoms with Crippen molar-refractivity contribution >= 4 is 0 Å². The Morgan fingerprint density at radius 1 is 0.857 bits per heavy atom. The van der Waals surface area contributed by atoms with Gasteiger partial charge in [-0.25, -0.2) is 0 Å². The van der Waals surface area contributed by atoms with Crippen molar-refractivity contribution in [1.29, 1.82) is 0 Å². The summed E-state index contributed by atoms with van der Waals surface area (Å²) in [5.74, 6) is 4.48. The molecule has 0 N–H and O–H groups in total. The zero-order chi connectivity index (χ0) is 9.12. The third-order valence-electron chi connectivity index (χ3n) is 5.20. The molecule has 4 fully saturated rings. The van der Waals surface area contributed by atoms with Crippen LogP contribution in [0.5, 0.6) is 0 Å². The number of ether oxygens (including phenoxy) is 2. The number of hydrogen-bond acceptors (Lipinski definition) is 2. The topological polar surface area (TPSA) is 18.5 Å². The Morgan fingerprint density at radius 2 is 1.86 bits per heavy atom. The van der Waals surface area contributed by atoms with E-state index in [0.717, 1.165) is 49.4 Å². The second-order valence-corrected chi connectivity index (χ2v) is 5.65. The summed E-state index contributed by atoms with van der Waals surface area (Å²) in [5.41, 5.74) is 0. The zero-order valence-electron chi connectivity index (χ0n) is 8.52. The van der Waals surface area contributed by atoms with E-state index in [0.29, 0.717) is 6.10 Å². The van der Waals surface area contributed by atoms with E-state index in [1.54, 1.807) is 0 Å². The van der Waals surface area contributed by atoms with Crippen molar-refractivity contribution in [2.45, 2.75) is 25.4 Å². The summed E-state index contributed by atoms with van der Waals surface area (Å²) in [6.45, 7) is 3.10. The maximum atomic E-state index is 5.94. The molecule has 2 saturated carbocycles. The third-order valence-corrected chi connectivity index (χ3v) is 5.20. The first-order valence-corrected chi connectivity index (χ1v) is 6.13. The van der Waals surface area contributed by atoms with Crippen LogP contribution in [0.25, 0.3) is 0 Å². The molecule has 2 aliphatic carbocycles. The third kappa shape index (κ3) is 0.892. The van der Waals surface area contributed by atoms with Gasteiger partial charge in [0.1, 0.15) is 0 Å². The van der Waals surface area contributed by atoms with Crippen LogP contribution in [0, 0.1) is 29.6 Å². The van der Waals surface area contributed by atoms with E-state index >= 15 is 0 Å². The minimum atomic E-state index is 0.631. The molecule has 2 aliphatic heterocycles. The molecule has 4 unspecified atom stereocenters. The van der Waals surface area contributed by atoms with Gasteiger partial charge in [-0.3, -0.25) is 0 Å². The van der Waals surface area contributed by atoms with Crippen molar-refractivity contribution in [2.24, 2.45) is 29.6 Å². The predicted molar refractivity (Wildman–Crippen MR) is 51.9 cm³/mol. The van der Waals surface area contributed by atoms with Gasteiger partial charge in [0.25, 0.3) is 0 Å². The molecule has 2 heterocycles. The molecule has 6 atom stereocenters. The number of rotatable bonds is 0. The molecular formula is C12H18O2. The van der Waals surface area contributed by atoms with Crippen LogP contribution in [0.2, 0.25) is 0 Å². The molecule has 0 aromatic rings. The van der Waals surface area contributed by atoms with Crippen LogP contribution in [0.15, 0.2) is 0 Å². The Kier molecular flexibility index (Phi) is 1.58. The Bertz CT molecular complexity index is 253. The fourth-order valence-corrected chi connectivity index (χ4v) is 4.64. The van der Waals surface area contributed by atoms with E-state index in [9.17, 15) is 0 Å². The van der Waals surface area contributed by atoms with Crippen LogP contribution in [0.1, 0.15) is 19.3 Å². The van der Waals surface area contributed by atoms with Crippen molar-refractivity contribution < 1.29 is 9.47 Å². The summed E-state index contributed by atoms with van der Waals surface area (Å²) in [6, 6.07) is 0. The van der Waals surface area contributed by atoms with Crippen LogP contribution < -0.4 is 0 Å². The average molecular weight is 194 g/mol. The van der Waals surface area contributed by atoms with Gasteiger partial charge in [-0.15, -0.1) is 0 Å². The van der Waals surface area contributed by atoms with Gasteiger partial charge < -0.3 is 9.47 Å². The van der Waals surface area contributed by atoms with Crippen molar-refractivity contribution in [3.63, 3.8) is 0 Å². The Hall–Kier alpha value is -0.0800. The summed E-state index contributed by atoms with van der Waals surface area (Å²) in [4.78, 5) is 0. The molecule has 78 valence electrons. The van der Waals surface area contributed by atoms with Crippen LogP contribution in [-0.2, 0) is 9.47 Å². The minimum Gasteiger partial charge on any atom is -0.381 e. The largest absolute Gasteiger partial charge is 0.381 e. The summed E-state index contributed by atoms with van der Waals surface area (Å²) < 4.78 is 11.6. The van der Waals surface area contributed by atoms with Crippen molar-refractivity contribution in [3.8, 4) is 0 Å². The van der Waals surface area contributed by atoms with E-state index in [2.05, 4.69) is 0 Å². The highest BCUT2D eigenvalue weighted by atomic mass is 16.5. The van der Waals surface area contributed by atoms with E-state index in [-0.39, 0.29) is 0 Å². The predicted octanol–water partition coefficient (Wildman–Crippen LogP) is 1.69. The van der Waals surface area contributed by atoms with Crippen LogP contribution in [-0.4, -0.2) is 25.9 Å². The van der Waals surface area contributed by atoms with E-state index in [4.69, 9.17) is 9.47 Å². The van der Waals surface area contributed by atoms with Crippen molar-refractivity contribution in [2.75, 3.05) is 19.8 Å². The van der Waals surface area contributed by atoms with Gasteiger partial charge in [-0.05, 0) is 48.9 Å². The van der Waals surface area contributed by atoms with Gasteiger partial charge in [-0.1, -0.05) is 0 Å². The van der Waals surface area contributed by atoms with Crippen molar-refractivity contribution in [1.82, 2.24) is 0 Å². The number of hydrogen-bond donors (Lipinski definition) is 0. The first kappa shape index (κ1) is 8.12. The molecule has 14 heavy (non-hydrogen) atoms. The maximum Gasteiger partial charge on any atom is 0.0609 e. The molecule has 0 aromatic carbocycles. The molecule has 0 spiro atoms. The lowest BCUT2D eigenvalue weighted by Crippen LogP contribution is -2.38. The van der Waals surface area contributed by atoms with Crippen LogP contribution >= 0.6 is 0 Å². The Labute approximate surface area is 85.0 Å². The second-order valence-electron chi connectivity index (χ2n) is 5.65. The molecule has 4 rings (SSSR count). The normalized spacial score (nSPS) is 60.0. The first-order chi connectivity index (χ1) is 6.93. The lowest BCUT2D eigenvalue weighted by Gasteiger charge is -2.37. The molecule has 4 aliphatic rings. The molecule has 0 radical (unpaired) electrons. The monoisotopic (exact) mass is 194 g/mol. The first-order valence-electron chi connectivity index (χ1n) is 6.13. The Balaban J connectivity index is 1.69. The minimum absolute atomic E-state index is 0.631. The fourth-order valence-electron chi connectivity index (χ4n) is 4.64. The van der Waals surface area contributed by atoms with Gasteiger partial charge in [0.2, 0.25) is 0 Å². The van der Waals surface area contributed by atoms with Crippen molar-refractivity contribution in [3.05, 3.63) is 0 Å². The number of fused-ring (bicyclic) bond motifs is 2. The quantitative estimate of drug-likeness (QED) is 0.584. The van der Waals surface area contributed by atoms with Crippen LogP contribution in [0.4, 0.5) is 0 Å². The summed E-state index contributed by atoms with van der Waals surface area (Å²) in [7, 11) is 0. The van der Waals surface area contributed by atoms with E-state index in [1.165, 1.54) is 19.3 Å². The standard InChI is InChI=1S/C12H18O2/c1-2-11-12-7(1)3-8-4-13-5-9(8)10(12)6-14-11/h7-12H,1-6H2/t7-,8?,9?,10?,11-,12?/m0/s1. The molecule has 2 nitrogen and oxygen atoms in total. The summed E-state index contributed by atoms with van der Waals surface area (Å²) >= 11 is 0. The average Bonchev–Trinajstić information content (AvgIpc) is 2.86. The molecule has 0 bridgehead atoms. The summed E-state index contributed by atoms with van der Waals surface area (Å²) in [5, 5.41) is 0.